The molecule has 0 radical (unpaired) electrons. The van der Waals surface area contributed by atoms with Crippen LogP contribution in [0.15, 0.2) is 30.3 Å². The minimum Gasteiger partial charge on any atom is -0.338 e. The molecule has 1 atom stereocenters. The molecule has 1 N–H and O–H groups in total. The molecule has 0 spiro atoms. The number of nitrogens with one attached hydrogen (secondary N) is 1. The summed E-state index contributed by atoms with van der Waals surface area (Å²) in [6.07, 6.45) is 4.14. The van der Waals surface area contributed by atoms with Crippen LogP contribution in [0.5, 0.6) is 0 Å². The van der Waals surface area contributed by atoms with Gasteiger partial charge in [0, 0.05) is 37.8 Å². The van der Waals surface area contributed by atoms with Gasteiger partial charge in [0.1, 0.15) is 0 Å². The third-order valence-electron chi connectivity index (χ3n) is 3.45. The van der Waals surface area contributed by atoms with Crippen LogP contribution in [0, 0.1) is 10.1 Å². The van der Waals surface area contributed by atoms with Crippen molar-refractivity contribution in [3.63, 3.8) is 0 Å². The lowest BCUT2D eigenvalue weighted by Gasteiger charge is -2.22. The van der Waals surface area contributed by atoms with E-state index in [-0.39, 0.29) is 17.6 Å². The van der Waals surface area contributed by atoms with Crippen molar-refractivity contribution in [3.05, 3.63) is 46.0 Å². The zero-order valence-corrected chi connectivity index (χ0v) is 11.3. The number of amides is 1. The summed E-state index contributed by atoms with van der Waals surface area (Å²) in [7, 11) is 1.79. The Bertz CT molecular complexity index is 519. The smallest absolute Gasteiger partial charge is 0.269 e. The largest absolute Gasteiger partial charge is 0.338 e. The van der Waals surface area contributed by atoms with E-state index in [0.717, 1.165) is 25.1 Å². The van der Waals surface area contributed by atoms with Crippen molar-refractivity contribution in [1.29, 1.82) is 0 Å². The van der Waals surface area contributed by atoms with Gasteiger partial charge in [-0.15, -0.1) is 0 Å². The Balaban J connectivity index is 1.97. The van der Waals surface area contributed by atoms with Gasteiger partial charge in [0.05, 0.1) is 4.92 Å². The molecule has 1 heterocycles. The van der Waals surface area contributed by atoms with E-state index in [1.54, 1.807) is 30.2 Å². The molecule has 0 aromatic heterocycles. The average molecular weight is 275 g/mol. The van der Waals surface area contributed by atoms with E-state index in [9.17, 15) is 14.9 Å². The van der Waals surface area contributed by atoms with E-state index in [2.05, 4.69) is 5.32 Å². The quantitative estimate of drug-likeness (QED) is 0.512. The number of benzene rings is 1. The van der Waals surface area contributed by atoms with Crippen molar-refractivity contribution < 1.29 is 9.72 Å². The van der Waals surface area contributed by atoms with Crippen LogP contribution >= 0.6 is 0 Å². The molecule has 0 bridgehead atoms. The molecule has 1 fully saturated rings. The number of non-ortho nitro benzene ring substituents is 1. The summed E-state index contributed by atoms with van der Waals surface area (Å²) in [5, 5.41) is 13.8. The highest BCUT2D eigenvalue weighted by atomic mass is 16.6. The third-order valence-corrected chi connectivity index (χ3v) is 3.45. The molecular formula is C14H17N3O3. The lowest BCUT2D eigenvalue weighted by atomic mass is 10.2. The van der Waals surface area contributed by atoms with Crippen molar-refractivity contribution in [2.45, 2.75) is 12.5 Å². The molecule has 1 amide bonds. The van der Waals surface area contributed by atoms with Gasteiger partial charge in [-0.3, -0.25) is 14.9 Å². The summed E-state index contributed by atoms with van der Waals surface area (Å²) in [6.45, 7) is 1.77. The summed E-state index contributed by atoms with van der Waals surface area (Å²) in [5.74, 6) is -0.0583. The molecule has 1 aliphatic rings. The summed E-state index contributed by atoms with van der Waals surface area (Å²) >= 11 is 0. The number of hydrogen-bond donors (Lipinski definition) is 1. The third kappa shape index (κ3) is 3.42. The topological polar surface area (TPSA) is 75.5 Å². The van der Waals surface area contributed by atoms with Crippen LogP contribution < -0.4 is 5.32 Å². The predicted octanol–water partition coefficient (Wildman–Crippen LogP) is 1.43. The van der Waals surface area contributed by atoms with Gasteiger partial charge in [0.15, 0.2) is 0 Å². The van der Waals surface area contributed by atoms with Gasteiger partial charge in [-0.25, -0.2) is 0 Å². The molecular weight excluding hydrogens is 258 g/mol. The maximum absolute atomic E-state index is 12.0. The second-order valence-corrected chi connectivity index (χ2v) is 4.78. The van der Waals surface area contributed by atoms with E-state index < -0.39 is 4.92 Å². The van der Waals surface area contributed by atoms with E-state index in [1.807, 2.05) is 0 Å². The highest BCUT2D eigenvalue weighted by Gasteiger charge is 2.21. The first-order valence-electron chi connectivity index (χ1n) is 6.48. The molecule has 1 unspecified atom stereocenters. The fraction of sp³-hybridized carbons (Fsp3) is 0.357. The Labute approximate surface area is 117 Å². The zero-order valence-electron chi connectivity index (χ0n) is 11.3. The number of likely N-dealkylation sites (N-methyl/N-ethyl adjacent to an activating group) is 1. The molecule has 1 aliphatic heterocycles. The van der Waals surface area contributed by atoms with Crippen molar-refractivity contribution in [3.8, 4) is 0 Å². The first-order chi connectivity index (χ1) is 9.58. The van der Waals surface area contributed by atoms with Crippen molar-refractivity contribution in [2.24, 2.45) is 0 Å². The summed E-state index contributed by atoms with van der Waals surface area (Å²) < 4.78 is 0. The van der Waals surface area contributed by atoms with E-state index in [0.29, 0.717) is 0 Å². The molecule has 106 valence electrons. The van der Waals surface area contributed by atoms with E-state index in [4.69, 9.17) is 0 Å². The molecule has 0 aliphatic carbocycles. The SMILES string of the molecule is CN(C(=O)C=Cc1ccc([N+](=O)[O-])cc1)C1CCNC1. The molecule has 0 saturated carbocycles. The number of nitro benzene ring substituents is 1. The Morgan fingerprint density at radius 3 is 2.70 bits per heavy atom. The Morgan fingerprint density at radius 1 is 1.45 bits per heavy atom. The first kappa shape index (κ1) is 14.2. The van der Waals surface area contributed by atoms with Gasteiger partial charge in [-0.1, -0.05) is 0 Å². The molecule has 1 aromatic rings. The molecule has 1 aromatic carbocycles. The first-order valence-corrected chi connectivity index (χ1v) is 6.48. The number of carbonyl (C=O) groups is 1. The van der Waals surface area contributed by atoms with Crippen LogP contribution in [-0.2, 0) is 4.79 Å². The Hall–Kier alpha value is -2.21. The van der Waals surface area contributed by atoms with E-state index >= 15 is 0 Å². The van der Waals surface area contributed by atoms with Crippen molar-refractivity contribution in [1.82, 2.24) is 10.2 Å². The zero-order chi connectivity index (χ0) is 14.5. The van der Waals surface area contributed by atoms with Crippen LogP contribution in [0.3, 0.4) is 0 Å². The lowest BCUT2D eigenvalue weighted by Crippen LogP contribution is -2.37. The summed E-state index contributed by atoms with van der Waals surface area (Å²) in [5.41, 5.74) is 0.810. The van der Waals surface area contributed by atoms with E-state index in [1.165, 1.54) is 18.2 Å². The standard InChI is InChI=1S/C14H17N3O3/c1-16(13-8-9-15-10-13)14(18)7-4-11-2-5-12(6-3-11)17(19)20/h2-7,13,15H,8-10H2,1H3. The molecule has 6 nitrogen and oxygen atoms in total. The van der Waals surface area contributed by atoms with Crippen LogP contribution in [0.2, 0.25) is 0 Å². The van der Waals surface area contributed by atoms with Gasteiger partial charge in [0.25, 0.3) is 5.69 Å². The molecule has 2 rings (SSSR count). The number of hydrogen-bond acceptors (Lipinski definition) is 4. The van der Waals surface area contributed by atoms with Gasteiger partial charge in [-0.05, 0) is 36.7 Å². The summed E-state index contributed by atoms with van der Waals surface area (Å²) in [6, 6.07) is 6.34. The molecule has 20 heavy (non-hydrogen) atoms. The Morgan fingerprint density at radius 2 is 2.15 bits per heavy atom. The highest BCUT2D eigenvalue weighted by Crippen LogP contribution is 2.13. The number of nitro groups is 1. The molecule has 6 heteroatoms. The van der Waals surface area contributed by atoms with Crippen LogP contribution in [0.25, 0.3) is 6.08 Å². The van der Waals surface area contributed by atoms with Crippen LogP contribution in [0.1, 0.15) is 12.0 Å². The van der Waals surface area contributed by atoms with Gasteiger partial charge < -0.3 is 10.2 Å². The maximum atomic E-state index is 12.0. The van der Waals surface area contributed by atoms with Crippen LogP contribution in [0.4, 0.5) is 5.69 Å². The minimum atomic E-state index is -0.445. The normalized spacial score (nSPS) is 18.4. The molecule has 1 saturated heterocycles. The lowest BCUT2D eigenvalue weighted by molar-refractivity contribution is -0.384. The fourth-order valence-corrected chi connectivity index (χ4v) is 2.14. The van der Waals surface area contributed by atoms with Gasteiger partial charge >= 0.3 is 0 Å². The average Bonchev–Trinajstić information content (AvgIpc) is 2.98. The maximum Gasteiger partial charge on any atom is 0.269 e. The number of rotatable bonds is 4. The highest BCUT2D eigenvalue weighted by molar-refractivity contribution is 5.91. The minimum absolute atomic E-state index is 0.0441. The van der Waals surface area contributed by atoms with Gasteiger partial charge in [-0.2, -0.15) is 0 Å². The van der Waals surface area contributed by atoms with Crippen molar-refractivity contribution >= 4 is 17.7 Å². The number of carbonyl (C=O) groups excluding carboxylic acids is 1. The van der Waals surface area contributed by atoms with Crippen molar-refractivity contribution in [2.75, 3.05) is 20.1 Å². The predicted molar refractivity (Wildman–Crippen MR) is 76.2 cm³/mol. The monoisotopic (exact) mass is 275 g/mol. The number of nitrogens with zero attached hydrogens (tertiary/aromatic N) is 2. The second kappa shape index (κ2) is 6.29. The summed E-state index contributed by atoms with van der Waals surface area (Å²) in [4.78, 5) is 23.8. The fourth-order valence-electron chi connectivity index (χ4n) is 2.14. The second-order valence-electron chi connectivity index (χ2n) is 4.78. The van der Waals surface area contributed by atoms with Crippen LogP contribution in [-0.4, -0.2) is 41.9 Å². The Kier molecular flexibility index (Phi) is 4.47. The van der Waals surface area contributed by atoms with Gasteiger partial charge in [0.2, 0.25) is 5.91 Å².